The molecule has 9 nitrogen and oxygen atoms in total. The first kappa shape index (κ1) is 16.0. The van der Waals surface area contributed by atoms with E-state index in [4.69, 9.17) is 11.5 Å². The summed E-state index contributed by atoms with van der Waals surface area (Å²) < 4.78 is 0. The average molecular weight is 334 g/mol. The van der Waals surface area contributed by atoms with Crippen LogP contribution in [0.1, 0.15) is 11.5 Å². The minimum Gasteiger partial charge on any atom is -0.505 e. The molecule has 0 spiro atoms. The summed E-state index contributed by atoms with van der Waals surface area (Å²) in [6, 6.07) is 0. The van der Waals surface area contributed by atoms with Gasteiger partial charge in [-0.2, -0.15) is 0 Å². The third-order valence-corrected chi connectivity index (χ3v) is 3.26. The van der Waals surface area contributed by atoms with Crippen molar-refractivity contribution in [2.45, 2.75) is 0 Å². The molecule has 3 heterocycles. The van der Waals surface area contributed by atoms with Gasteiger partial charge in [0.05, 0.1) is 18.1 Å². The highest BCUT2D eigenvalue weighted by atomic mass is 16.3. The van der Waals surface area contributed by atoms with Gasteiger partial charge in [0, 0.05) is 18.0 Å². The third-order valence-electron chi connectivity index (χ3n) is 3.26. The molecule has 0 fully saturated rings. The minimum absolute atomic E-state index is 0.109. The zero-order chi connectivity index (χ0) is 18.0. The van der Waals surface area contributed by atoms with Crippen LogP contribution in [0.25, 0.3) is 34.5 Å². The van der Waals surface area contributed by atoms with E-state index in [9.17, 15) is 5.11 Å². The van der Waals surface area contributed by atoms with Crippen molar-refractivity contribution < 1.29 is 5.11 Å². The van der Waals surface area contributed by atoms with Gasteiger partial charge in [-0.25, -0.2) is 19.9 Å². The highest BCUT2D eigenvalue weighted by Crippen LogP contribution is 2.28. The van der Waals surface area contributed by atoms with Gasteiger partial charge in [0.15, 0.2) is 23.2 Å². The molecule has 0 amide bonds. The maximum Gasteiger partial charge on any atom is 0.194 e. The van der Waals surface area contributed by atoms with E-state index >= 15 is 0 Å². The fourth-order valence-corrected chi connectivity index (χ4v) is 2.03. The van der Waals surface area contributed by atoms with E-state index in [2.05, 4.69) is 43.1 Å². The number of anilines is 2. The fraction of sp³-hybridized carbons (Fsp3) is 0. The van der Waals surface area contributed by atoms with Crippen molar-refractivity contribution in [3.05, 3.63) is 49.5 Å². The number of hydrogen-bond donors (Lipinski definition) is 3. The Morgan fingerprint density at radius 2 is 1.56 bits per heavy atom. The van der Waals surface area contributed by atoms with Crippen molar-refractivity contribution in [1.29, 1.82) is 0 Å². The van der Waals surface area contributed by atoms with Gasteiger partial charge in [-0.1, -0.05) is 13.2 Å². The summed E-state index contributed by atoms with van der Waals surface area (Å²) in [4.78, 5) is 24.9. The summed E-state index contributed by atoms with van der Waals surface area (Å²) in [5.74, 6) is 0.151. The van der Waals surface area contributed by atoms with Gasteiger partial charge in [-0.05, 0) is 6.08 Å². The van der Waals surface area contributed by atoms with Crippen LogP contribution in [0.4, 0.5) is 11.6 Å². The van der Waals surface area contributed by atoms with Crippen LogP contribution in [0.5, 0.6) is 0 Å². The van der Waals surface area contributed by atoms with E-state index < -0.39 is 0 Å². The lowest BCUT2D eigenvalue weighted by molar-refractivity contribution is 0.506. The molecule has 0 saturated heterocycles. The predicted molar refractivity (Wildman–Crippen MR) is 94.7 cm³/mol. The SMILES string of the molecule is C=Cc1cnc(-c2nc(N)c(-c3cnc(C(=C)O)nc3)nc2N)cn1. The molecule has 3 aromatic heterocycles. The van der Waals surface area contributed by atoms with Gasteiger partial charge in [0.1, 0.15) is 17.1 Å². The third kappa shape index (κ3) is 3.11. The number of nitrogens with two attached hydrogens (primary N) is 2. The van der Waals surface area contributed by atoms with Crippen LogP contribution in [0.2, 0.25) is 0 Å². The summed E-state index contributed by atoms with van der Waals surface area (Å²) in [6.07, 6.45) is 7.53. The molecule has 0 aliphatic heterocycles. The van der Waals surface area contributed by atoms with E-state index in [0.29, 0.717) is 28.3 Å². The average Bonchev–Trinajstić information content (AvgIpc) is 2.63. The van der Waals surface area contributed by atoms with Crippen LogP contribution in [0.15, 0.2) is 37.9 Å². The maximum atomic E-state index is 9.27. The van der Waals surface area contributed by atoms with Crippen molar-refractivity contribution in [3.8, 4) is 22.6 Å². The second-order valence-electron chi connectivity index (χ2n) is 4.96. The van der Waals surface area contributed by atoms with E-state index in [-0.39, 0.29) is 23.2 Å². The molecule has 0 atom stereocenters. The Labute approximate surface area is 142 Å². The van der Waals surface area contributed by atoms with Crippen molar-refractivity contribution in [3.63, 3.8) is 0 Å². The summed E-state index contributed by atoms with van der Waals surface area (Å²) in [5.41, 5.74) is 14.2. The van der Waals surface area contributed by atoms with Crippen LogP contribution in [-0.4, -0.2) is 35.0 Å². The molecule has 0 aliphatic rings. The Hall–Kier alpha value is -3.88. The number of aliphatic hydroxyl groups excluding tert-OH is 1. The molecule has 3 rings (SSSR count). The molecule has 0 radical (unpaired) electrons. The molecule has 5 N–H and O–H groups in total. The lowest BCUT2D eigenvalue weighted by Gasteiger charge is -2.09. The van der Waals surface area contributed by atoms with Crippen LogP contribution < -0.4 is 11.5 Å². The van der Waals surface area contributed by atoms with Crippen molar-refractivity contribution in [2.24, 2.45) is 0 Å². The van der Waals surface area contributed by atoms with Crippen molar-refractivity contribution in [2.75, 3.05) is 11.5 Å². The van der Waals surface area contributed by atoms with Crippen LogP contribution in [0.3, 0.4) is 0 Å². The normalized spacial score (nSPS) is 10.4. The summed E-state index contributed by atoms with van der Waals surface area (Å²) in [6.45, 7) is 6.97. The van der Waals surface area contributed by atoms with Gasteiger partial charge in [0.25, 0.3) is 0 Å². The molecule has 3 aromatic rings. The predicted octanol–water partition coefficient (Wildman–Crippen LogP) is 1.73. The number of nitrogen functional groups attached to an aromatic ring is 2. The largest absolute Gasteiger partial charge is 0.505 e. The molecular formula is C16H14N8O. The van der Waals surface area contributed by atoms with E-state index in [1.807, 2.05) is 0 Å². The van der Waals surface area contributed by atoms with Gasteiger partial charge in [-0.15, -0.1) is 0 Å². The maximum absolute atomic E-state index is 9.27. The van der Waals surface area contributed by atoms with E-state index in [1.54, 1.807) is 12.3 Å². The lowest BCUT2D eigenvalue weighted by Crippen LogP contribution is -2.06. The standard InChI is InChI=1S/C16H14N8O/c1-3-10-6-20-11(7-19-10)13-15(18)23-12(14(17)24-13)9-4-21-16(8(2)25)22-5-9/h3-7,25H,1-2H2,(H2,17,24)(H2,18,23). The first-order chi connectivity index (χ1) is 12.0. The molecule has 9 heteroatoms. The molecule has 0 unspecified atom stereocenters. The molecule has 0 aliphatic carbocycles. The summed E-state index contributed by atoms with van der Waals surface area (Å²) in [5, 5.41) is 9.27. The first-order valence-electron chi connectivity index (χ1n) is 7.08. The number of aromatic nitrogens is 6. The van der Waals surface area contributed by atoms with Gasteiger partial charge >= 0.3 is 0 Å². The number of aliphatic hydroxyl groups is 1. The number of hydrogen-bond acceptors (Lipinski definition) is 9. The van der Waals surface area contributed by atoms with Crippen LogP contribution in [0, 0.1) is 0 Å². The Morgan fingerprint density at radius 3 is 2.12 bits per heavy atom. The monoisotopic (exact) mass is 334 g/mol. The Morgan fingerprint density at radius 1 is 0.920 bits per heavy atom. The smallest absolute Gasteiger partial charge is 0.194 e. The molecule has 0 bridgehead atoms. The van der Waals surface area contributed by atoms with Gasteiger partial charge < -0.3 is 16.6 Å². The fourth-order valence-electron chi connectivity index (χ4n) is 2.03. The second-order valence-corrected chi connectivity index (χ2v) is 4.96. The van der Waals surface area contributed by atoms with Crippen LogP contribution >= 0.6 is 0 Å². The molecule has 0 saturated carbocycles. The highest BCUT2D eigenvalue weighted by molar-refractivity contribution is 5.76. The highest BCUT2D eigenvalue weighted by Gasteiger charge is 2.15. The number of rotatable bonds is 4. The molecule has 124 valence electrons. The van der Waals surface area contributed by atoms with Crippen molar-refractivity contribution >= 4 is 23.5 Å². The minimum atomic E-state index is -0.234. The topological polar surface area (TPSA) is 150 Å². The lowest BCUT2D eigenvalue weighted by atomic mass is 10.2. The number of nitrogens with zero attached hydrogens (tertiary/aromatic N) is 6. The van der Waals surface area contributed by atoms with E-state index in [1.165, 1.54) is 18.6 Å². The molecule has 25 heavy (non-hydrogen) atoms. The van der Waals surface area contributed by atoms with Gasteiger partial charge in [0.2, 0.25) is 0 Å². The Bertz CT molecular complexity index is 951. The molecular weight excluding hydrogens is 320 g/mol. The van der Waals surface area contributed by atoms with Gasteiger partial charge in [-0.3, -0.25) is 9.97 Å². The summed E-state index contributed by atoms with van der Waals surface area (Å²) in [7, 11) is 0. The van der Waals surface area contributed by atoms with E-state index in [0.717, 1.165) is 0 Å². The zero-order valence-corrected chi connectivity index (χ0v) is 13.1. The molecule has 0 aromatic carbocycles. The van der Waals surface area contributed by atoms with Crippen LogP contribution in [-0.2, 0) is 0 Å². The quantitative estimate of drug-likeness (QED) is 0.606. The zero-order valence-electron chi connectivity index (χ0n) is 13.1. The first-order valence-corrected chi connectivity index (χ1v) is 7.08. The Balaban J connectivity index is 2.02. The van der Waals surface area contributed by atoms with Crippen molar-refractivity contribution in [1.82, 2.24) is 29.9 Å². The Kier molecular flexibility index (Phi) is 4.04. The second kappa shape index (κ2) is 6.32. The summed E-state index contributed by atoms with van der Waals surface area (Å²) >= 11 is 0.